The van der Waals surface area contributed by atoms with Crippen molar-refractivity contribution < 1.29 is 4.74 Å². The van der Waals surface area contributed by atoms with Crippen LogP contribution in [0.1, 0.15) is 18.4 Å². The number of hydrogen-bond donors (Lipinski definition) is 0. The highest BCUT2D eigenvalue weighted by atomic mass is 32.1. The number of ether oxygens (including phenoxy) is 1. The Hall–Kier alpha value is -1.91. The van der Waals surface area contributed by atoms with Crippen molar-refractivity contribution in [1.29, 1.82) is 0 Å². The largest absolute Gasteiger partial charge is 0.431 e. The predicted molar refractivity (Wildman–Crippen MR) is 99.5 cm³/mol. The molecule has 3 aromatic rings. The van der Waals surface area contributed by atoms with Crippen molar-refractivity contribution in [3.8, 4) is 10.9 Å². The summed E-state index contributed by atoms with van der Waals surface area (Å²) in [6, 6.07) is 16.5. The second-order valence-corrected chi connectivity index (χ2v) is 7.41. The predicted octanol–water partition coefficient (Wildman–Crippen LogP) is 5.13. The summed E-state index contributed by atoms with van der Waals surface area (Å²) in [6.45, 7) is 7.47. The van der Waals surface area contributed by atoms with E-state index in [0.29, 0.717) is 11.1 Å². The van der Waals surface area contributed by atoms with Crippen LogP contribution in [0.15, 0.2) is 48.5 Å². The summed E-state index contributed by atoms with van der Waals surface area (Å²) in [7, 11) is 0. The molecule has 1 aliphatic rings. The van der Waals surface area contributed by atoms with Crippen LogP contribution in [-0.2, 0) is 6.54 Å². The fourth-order valence-corrected chi connectivity index (χ4v) is 3.90. The molecule has 0 atom stereocenters. The van der Waals surface area contributed by atoms with Crippen molar-refractivity contribution in [2.75, 3.05) is 13.1 Å². The van der Waals surface area contributed by atoms with Crippen molar-refractivity contribution in [2.45, 2.75) is 19.4 Å². The fourth-order valence-electron chi connectivity index (χ4n) is 3.06. The van der Waals surface area contributed by atoms with Gasteiger partial charge >= 0.3 is 0 Å². The third-order valence-corrected chi connectivity index (χ3v) is 5.43. The number of piperidine rings is 1. The van der Waals surface area contributed by atoms with Gasteiger partial charge in [0.1, 0.15) is 5.75 Å². The quantitative estimate of drug-likeness (QED) is 0.659. The topological polar surface area (TPSA) is 25.4 Å². The molecule has 0 amide bonds. The Labute approximate surface area is 146 Å². The van der Waals surface area contributed by atoms with Gasteiger partial charge in [-0.1, -0.05) is 42.5 Å². The maximum absolute atomic E-state index is 5.91. The van der Waals surface area contributed by atoms with Gasteiger partial charge in [0.25, 0.3) is 5.19 Å². The van der Waals surface area contributed by atoms with E-state index >= 15 is 0 Å². The number of para-hydroxylation sites is 1. The van der Waals surface area contributed by atoms with Crippen LogP contribution in [0.4, 0.5) is 0 Å². The minimum atomic E-state index is 0.630. The lowest BCUT2D eigenvalue weighted by molar-refractivity contribution is 0.195. The number of nitrogens with zero attached hydrogens (tertiary/aromatic N) is 2. The molecule has 4 heteroatoms. The number of rotatable bonds is 4. The fraction of sp³-hybridized carbons (Fsp3) is 0.300. The van der Waals surface area contributed by atoms with E-state index in [-0.39, 0.29) is 0 Å². The molecule has 2 heterocycles. The highest BCUT2D eigenvalue weighted by Crippen LogP contribution is 2.31. The molecule has 0 aliphatic carbocycles. The van der Waals surface area contributed by atoms with E-state index in [4.69, 9.17) is 4.74 Å². The summed E-state index contributed by atoms with van der Waals surface area (Å²) in [5.41, 5.74) is 2.32. The van der Waals surface area contributed by atoms with Crippen LogP contribution in [0.5, 0.6) is 10.9 Å². The van der Waals surface area contributed by atoms with Crippen LogP contribution in [0, 0.1) is 12.8 Å². The van der Waals surface area contributed by atoms with E-state index < -0.39 is 0 Å². The van der Waals surface area contributed by atoms with E-state index in [2.05, 4.69) is 35.0 Å². The molecular weight excluding hydrogens is 316 g/mol. The molecule has 0 N–H and O–H groups in total. The van der Waals surface area contributed by atoms with Gasteiger partial charge in [-0.25, -0.2) is 4.98 Å². The smallest absolute Gasteiger partial charge is 0.279 e. The zero-order chi connectivity index (χ0) is 16.4. The summed E-state index contributed by atoms with van der Waals surface area (Å²) in [6.07, 6.45) is 2.41. The summed E-state index contributed by atoms with van der Waals surface area (Å²) < 4.78 is 7.06. The van der Waals surface area contributed by atoms with Crippen molar-refractivity contribution in [3.05, 3.63) is 61.0 Å². The molecule has 1 aliphatic heterocycles. The molecule has 2 aromatic carbocycles. The van der Waals surface area contributed by atoms with Crippen LogP contribution < -0.4 is 4.74 Å². The van der Waals surface area contributed by atoms with Gasteiger partial charge < -0.3 is 4.74 Å². The summed E-state index contributed by atoms with van der Waals surface area (Å²) in [5, 5.41) is 0.696. The Morgan fingerprint density at radius 3 is 2.58 bits per heavy atom. The average molecular weight is 337 g/mol. The first-order chi connectivity index (χ1) is 11.8. The first-order valence-electron chi connectivity index (χ1n) is 8.44. The van der Waals surface area contributed by atoms with Gasteiger partial charge in [0, 0.05) is 6.54 Å². The number of hydrogen-bond acceptors (Lipinski definition) is 4. The average Bonchev–Trinajstić information content (AvgIpc) is 3.01. The van der Waals surface area contributed by atoms with Gasteiger partial charge in [-0.2, -0.15) is 0 Å². The van der Waals surface area contributed by atoms with Crippen LogP contribution >= 0.6 is 11.3 Å². The lowest BCUT2D eigenvalue weighted by atomic mass is 9.99. The van der Waals surface area contributed by atoms with Crippen molar-refractivity contribution >= 4 is 21.6 Å². The highest BCUT2D eigenvalue weighted by molar-refractivity contribution is 7.20. The molecule has 4 rings (SSSR count). The molecule has 1 radical (unpaired) electrons. The maximum atomic E-state index is 5.91. The maximum Gasteiger partial charge on any atom is 0.279 e. The third-order valence-electron chi connectivity index (χ3n) is 4.52. The number of benzene rings is 2. The van der Waals surface area contributed by atoms with E-state index in [1.54, 1.807) is 11.3 Å². The highest BCUT2D eigenvalue weighted by Gasteiger charge is 2.15. The summed E-state index contributed by atoms with van der Waals surface area (Å²) in [4.78, 5) is 7.02. The first-order valence-corrected chi connectivity index (χ1v) is 9.26. The number of likely N-dealkylation sites (tertiary alicyclic amines) is 1. The zero-order valence-corrected chi connectivity index (χ0v) is 14.5. The van der Waals surface area contributed by atoms with Gasteiger partial charge in [0.2, 0.25) is 0 Å². The Morgan fingerprint density at radius 2 is 1.83 bits per heavy atom. The Kier molecular flexibility index (Phi) is 4.50. The molecule has 1 fully saturated rings. The molecule has 1 saturated heterocycles. The molecule has 0 spiro atoms. The monoisotopic (exact) mass is 337 g/mol. The van der Waals surface area contributed by atoms with E-state index in [9.17, 15) is 0 Å². The molecular formula is C20H21N2OS. The van der Waals surface area contributed by atoms with Gasteiger partial charge in [-0.3, -0.25) is 4.90 Å². The number of thiazole rings is 1. The van der Waals surface area contributed by atoms with Crippen molar-refractivity contribution in [2.24, 2.45) is 5.92 Å². The van der Waals surface area contributed by atoms with Gasteiger partial charge in [-0.05, 0) is 61.7 Å². The van der Waals surface area contributed by atoms with Gasteiger partial charge in [-0.15, -0.1) is 0 Å². The Bertz CT molecular complexity index is 771. The molecule has 1 aromatic heterocycles. The second kappa shape index (κ2) is 6.91. The van der Waals surface area contributed by atoms with Crippen LogP contribution in [0.3, 0.4) is 0 Å². The molecule has 3 nitrogen and oxygen atoms in total. The zero-order valence-electron chi connectivity index (χ0n) is 13.6. The summed E-state index contributed by atoms with van der Waals surface area (Å²) in [5.74, 6) is 1.47. The standard InChI is InChI=1S/C20H21N2OS/c1-15-10-12-22(13-11-15)14-16-6-8-17(9-7-16)23-20-21-18-4-2-3-5-19(18)24-20/h2-9,15H,1,10-14H2. The molecule has 0 bridgehead atoms. The van der Waals surface area contributed by atoms with E-state index in [1.165, 1.54) is 18.4 Å². The molecule has 0 unspecified atom stereocenters. The van der Waals surface area contributed by atoms with Crippen LogP contribution in [0.2, 0.25) is 0 Å². The second-order valence-electron chi connectivity index (χ2n) is 6.41. The third kappa shape index (κ3) is 3.60. The minimum absolute atomic E-state index is 0.630. The number of fused-ring (bicyclic) bond motifs is 1. The van der Waals surface area contributed by atoms with Gasteiger partial charge in [0.15, 0.2) is 0 Å². The number of aromatic nitrogens is 1. The van der Waals surface area contributed by atoms with E-state index in [1.807, 2.05) is 30.3 Å². The lowest BCUT2D eigenvalue weighted by Crippen LogP contribution is -2.32. The van der Waals surface area contributed by atoms with Gasteiger partial charge in [0.05, 0.1) is 10.2 Å². The van der Waals surface area contributed by atoms with Crippen molar-refractivity contribution in [3.63, 3.8) is 0 Å². The molecule has 123 valence electrons. The normalized spacial score (nSPS) is 16.5. The Balaban J connectivity index is 1.40. The minimum Gasteiger partial charge on any atom is -0.431 e. The first kappa shape index (κ1) is 15.6. The molecule has 0 saturated carbocycles. The van der Waals surface area contributed by atoms with E-state index in [0.717, 1.165) is 35.6 Å². The van der Waals surface area contributed by atoms with Crippen LogP contribution in [0.25, 0.3) is 10.2 Å². The Morgan fingerprint density at radius 1 is 1.08 bits per heavy atom. The molecule has 24 heavy (non-hydrogen) atoms. The van der Waals surface area contributed by atoms with Crippen molar-refractivity contribution in [1.82, 2.24) is 9.88 Å². The lowest BCUT2D eigenvalue weighted by Gasteiger charge is -2.30. The SMILES string of the molecule is [CH2]C1CCN(Cc2ccc(Oc3nc4ccccc4s3)cc2)CC1. The van der Waals surface area contributed by atoms with Crippen LogP contribution in [-0.4, -0.2) is 23.0 Å². The summed E-state index contributed by atoms with van der Waals surface area (Å²) >= 11 is 1.58.